The summed E-state index contributed by atoms with van der Waals surface area (Å²) >= 11 is 0. The fourth-order valence-electron chi connectivity index (χ4n) is 3.37. The van der Waals surface area contributed by atoms with E-state index < -0.39 is 0 Å². The lowest BCUT2D eigenvalue weighted by Gasteiger charge is -2.44. The molecule has 1 aromatic rings. The molecule has 2 N–H and O–H groups in total. The van der Waals surface area contributed by atoms with Gasteiger partial charge in [-0.25, -0.2) is 0 Å². The lowest BCUT2D eigenvalue weighted by atomic mass is 9.87. The lowest BCUT2D eigenvalue weighted by molar-refractivity contribution is 0.0595. The molecule has 0 bridgehead atoms. The van der Waals surface area contributed by atoms with E-state index >= 15 is 0 Å². The highest BCUT2D eigenvalue weighted by Gasteiger charge is 2.32. The van der Waals surface area contributed by atoms with Crippen molar-refractivity contribution in [3.63, 3.8) is 0 Å². The molecule has 3 atom stereocenters. The van der Waals surface area contributed by atoms with Gasteiger partial charge < -0.3 is 5.73 Å². The first-order chi connectivity index (χ1) is 8.77. The number of hydrogen-bond donors (Lipinski definition) is 1. The third-order valence-corrected chi connectivity index (χ3v) is 4.37. The SMILES string of the molecule is CCC(c1ccccc1)N1CCCC(C)C1CN. The molecule has 1 saturated heterocycles. The van der Waals surface area contributed by atoms with Crippen LogP contribution in [0, 0.1) is 5.92 Å². The standard InChI is InChI=1S/C16H26N2/c1-3-15(14-9-5-4-6-10-14)18-11-7-8-13(2)16(18)12-17/h4-6,9-10,13,15-16H,3,7-8,11-12,17H2,1-2H3. The van der Waals surface area contributed by atoms with Crippen LogP contribution >= 0.6 is 0 Å². The molecule has 0 aromatic heterocycles. The van der Waals surface area contributed by atoms with Gasteiger partial charge in [-0.1, -0.05) is 44.2 Å². The number of rotatable bonds is 4. The molecule has 0 amide bonds. The summed E-state index contributed by atoms with van der Waals surface area (Å²) in [7, 11) is 0. The van der Waals surface area contributed by atoms with Crippen LogP contribution in [0.15, 0.2) is 30.3 Å². The molecule has 1 aromatic carbocycles. The first-order valence-electron chi connectivity index (χ1n) is 7.28. The van der Waals surface area contributed by atoms with Crippen LogP contribution in [0.4, 0.5) is 0 Å². The van der Waals surface area contributed by atoms with Gasteiger partial charge in [0.05, 0.1) is 0 Å². The highest BCUT2D eigenvalue weighted by Crippen LogP contribution is 2.32. The largest absolute Gasteiger partial charge is 0.329 e. The van der Waals surface area contributed by atoms with Crippen LogP contribution in [0.25, 0.3) is 0 Å². The van der Waals surface area contributed by atoms with Crippen molar-refractivity contribution in [2.75, 3.05) is 13.1 Å². The summed E-state index contributed by atoms with van der Waals surface area (Å²) in [6.45, 7) is 6.61. The van der Waals surface area contributed by atoms with Gasteiger partial charge in [0, 0.05) is 18.6 Å². The molecule has 1 aliphatic rings. The van der Waals surface area contributed by atoms with Crippen molar-refractivity contribution in [2.45, 2.75) is 45.2 Å². The van der Waals surface area contributed by atoms with Crippen molar-refractivity contribution in [1.82, 2.24) is 4.90 Å². The second-order valence-corrected chi connectivity index (χ2v) is 5.50. The molecule has 0 aliphatic carbocycles. The molecular formula is C16H26N2. The molecule has 1 heterocycles. The molecule has 1 aliphatic heterocycles. The Hall–Kier alpha value is -0.860. The van der Waals surface area contributed by atoms with Gasteiger partial charge in [-0.2, -0.15) is 0 Å². The zero-order valence-corrected chi connectivity index (χ0v) is 11.7. The van der Waals surface area contributed by atoms with E-state index in [1.54, 1.807) is 0 Å². The summed E-state index contributed by atoms with van der Waals surface area (Å²) in [5, 5.41) is 0. The van der Waals surface area contributed by atoms with Crippen LogP contribution in [0.1, 0.15) is 44.7 Å². The van der Waals surface area contributed by atoms with Gasteiger partial charge in [0.25, 0.3) is 0 Å². The van der Waals surface area contributed by atoms with Crippen molar-refractivity contribution >= 4 is 0 Å². The maximum atomic E-state index is 6.01. The molecule has 0 radical (unpaired) electrons. The predicted molar refractivity (Wildman–Crippen MR) is 77.4 cm³/mol. The number of likely N-dealkylation sites (tertiary alicyclic amines) is 1. The molecule has 1 fully saturated rings. The molecule has 0 saturated carbocycles. The van der Waals surface area contributed by atoms with Crippen molar-refractivity contribution in [2.24, 2.45) is 11.7 Å². The highest BCUT2D eigenvalue weighted by atomic mass is 15.2. The number of piperidine rings is 1. The Labute approximate surface area is 111 Å². The van der Waals surface area contributed by atoms with E-state index in [9.17, 15) is 0 Å². The Bertz CT molecular complexity index is 349. The minimum atomic E-state index is 0.530. The Morgan fingerprint density at radius 2 is 2.06 bits per heavy atom. The van der Waals surface area contributed by atoms with Crippen LogP contribution in [-0.4, -0.2) is 24.0 Å². The fourth-order valence-corrected chi connectivity index (χ4v) is 3.37. The van der Waals surface area contributed by atoms with Gasteiger partial charge in [-0.05, 0) is 37.3 Å². The van der Waals surface area contributed by atoms with Gasteiger partial charge in [-0.15, -0.1) is 0 Å². The van der Waals surface area contributed by atoms with E-state index in [-0.39, 0.29) is 0 Å². The third-order valence-electron chi connectivity index (χ3n) is 4.37. The average Bonchev–Trinajstić information content (AvgIpc) is 2.41. The second kappa shape index (κ2) is 6.35. The van der Waals surface area contributed by atoms with Crippen molar-refractivity contribution < 1.29 is 0 Å². The van der Waals surface area contributed by atoms with Gasteiger partial charge in [0.2, 0.25) is 0 Å². The topological polar surface area (TPSA) is 29.3 Å². The van der Waals surface area contributed by atoms with Gasteiger partial charge >= 0.3 is 0 Å². The second-order valence-electron chi connectivity index (χ2n) is 5.50. The Morgan fingerprint density at radius 1 is 1.33 bits per heavy atom. The Balaban J connectivity index is 2.21. The molecule has 18 heavy (non-hydrogen) atoms. The predicted octanol–water partition coefficient (Wildman–Crippen LogP) is 3.20. The van der Waals surface area contributed by atoms with E-state index in [0.29, 0.717) is 12.1 Å². The number of nitrogens with two attached hydrogens (primary N) is 1. The van der Waals surface area contributed by atoms with Crippen molar-refractivity contribution in [3.05, 3.63) is 35.9 Å². The van der Waals surface area contributed by atoms with E-state index in [4.69, 9.17) is 5.73 Å². The van der Waals surface area contributed by atoms with Gasteiger partial charge in [-0.3, -0.25) is 4.90 Å². The van der Waals surface area contributed by atoms with Crippen LogP contribution in [0.2, 0.25) is 0 Å². The minimum absolute atomic E-state index is 0.530. The molecule has 2 nitrogen and oxygen atoms in total. The fraction of sp³-hybridized carbons (Fsp3) is 0.625. The monoisotopic (exact) mass is 246 g/mol. The zero-order valence-electron chi connectivity index (χ0n) is 11.7. The number of nitrogens with zero attached hydrogens (tertiary/aromatic N) is 1. The van der Waals surface area contributed by atoms with E-state index in [2.05, 4.69) is 49.1 Å². The van der Waals surface area contributed by atoms with Crippen molar-refractivity contribution in [1.29, 1.82) is 0 Å². The number of benzene rings is 1. The highest BCUT2D eigenvalue weighted by molar-refractivity contribution is 5.19. The van der Waals surface area contributed by atoms with E-state index in [0.717, 1.165) is 18.9 Å². The Kier molecular flexibility index (Phi) is 4.79. The smallest absolute Gasteiger partial charge is 0.0349 e. The lowest BCUT2D eigenvalue weighted by Crippen LogP contribution is -2.49. The molecule has 2 heteroatoms. The Morgan fingerprint density at radius 3 is 2.67 bits per heavy atom. The maximum Gasteiger partial charge on any atom is 0.0349 e. The molecular weight excluding hydrogens is 220 g/mol. The molecule has 3 unspecified atom stereocenters. The summed E-state index contributed by atoms with van der Waals surface area (Å²) in [4.78, 5) is 2.64. The zero-order chi connectivity index (χ0) is 13.0. The molecule has 0 spiro atoms. The summed E-state index contributed by atoms with van der Waals surface area (Å²) in [5.41, 5.74) is 7.45. The van der Waals surface area contributed by atoms with Gasteiger partial charge in [0.15, 0.2) is 0 Å². The summed E-state index contributed by atoms with van der Waals surface area (Å²) in [6, 6.07) is 12.0. The summed E-state index contributed by atoms with van der Waals surface area (Å²) < 4.78 is 0. The minimum Gasteiger partial charge on any atom is -0.329 e. The average molecular weight is 246 g/mol. The number of hydrogen-bond acceptors (Lipinski definition) is 2. The quantitative estimate of drug-likeness (QED) is 0.884. The maximum absolute atomic E-state index is 6.01. The van der Waals surface area contributed by atoms with Gasteiger partial charge in [0.1, 0.15) is 0 Å². The van der Waals surface area contributed by atoms with Crippen LogP contribution in [-0.2, 0) is 0 Å². The molecule has 2 rings (SSSR count). The van der Waals surface area contributed by atoms with Crippen molar-refractivity contribution in [3.8, 4) is 0 Å². The normalized spacial score (nSPS) is 27.1. The van der Waals surface area contributed by atoms with Crippen LogP contribution < -0.4 is 5.73 Å². The van der Waals surface area contributed by atoms with E-state index in [1.165, 1.54) is 24.9 Å². The van der Waals surface area contributed by atoms with E-state index in [1.807, 2.05) is 0 Å². The first kappa shape index (κ1) is 13.6. The summed E-state index contributed by atoms with van der Waals surface area (Å²) in [6.07, 6.45) is 3.79. The third kappa shape index (κ3) is 2.76. The summed E-state index contributed by atoms with van der Waals surface area (Å²) in [5.74, 6) is 0.724. The first-order valence-corrected chi connectivity index (χ1v) is 7.28. The molecule has 100 valence electrons. The van der Waals surface area contributed by atoms with Crippen LogP contribution in [0.3, 0.4) is 0 Å². The van der Waals surface area contributed by atoms with Crippen LogP contribution in [0.5, 0.6) is 0 Å².